The maximum Gasteiger partial charge on any atom is 0.161 e. The van der Waals surface area contributed by atoms with Gasteiger partial charge in [0, 0.05) is 19.1 Å². The minimum atomic E-state index is -0.000693. The van der Waals surface area contributed by atoms with Crippen molar-refractivity contribution in [3.05, 3.63) is 23.8 Å². The standard InChI is InChI=1S/C16H26N2O3/c1-11(2)18-7-8-21-15(10-17)16(18)12-5-6-13(19-3)14(9-12)20-4/h5-6,9,11,15-16H,7-8,10,17H2,1-4H3. The highest BCUT2D eigenvalue weighted by Gasteiger charge is 2.34. The molecule has 0 amide bonds. The molecule has 5 heteroatoms. The van der Waals surface area contributed by atoms with Crippen molar-refractivity contribution >= 4 is 0 Å². The zero-order valence-corrected chi connectivity index (χ0v) is 13.3. The van der Waals surface area contributed by atoms with Gasteiger partial charge in [0.1, 0.15) is 0 Å². The number of hydrogen-bond acceptors (Lipinski definition) is 5. The molecule has 1 aromatic rings. The van der Waals surface area contributed by atoms with Crippen LogP contribution in [0.15, 0.2) is 18.2 Å². The Balaban J connectivity index is 2.38. The lowest BCUT2D eigenvalue weighted by molar-refractivity contribution is -0.0789. The topological polar surface area (TPSA) is 57.0 Å². The predicted molar refractivity (Wildman–Crippen MR) is 82.9 cm³/mol. The zero-order valence-electron chi connectivity index (χ0n) is 13.3. The van der Waals surface area contributed by atoms with Gasteiger partial charge < -0.3 is 19.9 Å². The van der Waals surface area contributed by atoms with Crippen LogP contribution in [0.25, 0.3) is 0 Å². The molecule has 2 N–H and O–H groups in total. The first-order valence-corrected chi connectivity index (χ1v) is 7.41. The molecule has 5 nitrogen and oxygen atoms in total. The fourth-order valence-corrected chi connectivity index (χ4v) is 2.97. The normalized spacial score (nSPS) is 23.3. The minimum absolute atomic E-state index is 0.000693. The Bertz CT molecular complexity index is 465. The van der Waals surface area contributed by atoms with E-state index in [9.17, 15) is 0 Å². The van der Waals surface area contributed by atoms with E-state index >= 15 is 0 Å². The van der Waals surface area contributed by atoms with E-state index in [2.05, 4.69) is 24.8 Å². The smallest absolute Gasteiger partial charge is 0.161 e. The molecule has 2 unspecified atom stereocenters. The van der Waals surface area contributed by atoms with E-state index in [4.69, 9.17) is 19.9 Å². The van der Waals surface area contributed by atoms with Crippen LogP contribution in [0.2, 0.25) is 0 Å². The highest BCUT2D eigenvalue weighted by molar-refractivity contribution is 5.44. The molecule has 1 aliphatic heterocycles. The maximum atomic E-state index is 5.91. The summed E-state index contributed by atoms with van der Waals surface area (Å²) >= 11 is 0. The summed E-state index contributed by atoms with van der Waals surface area (Å²) in [5.41, 5.74) is 7.06. The first-order valence-electron chi connectivity index (χ1n) is 7.41. The Morgan fingerprint density at radius 2 is 2.00 bits per heavy atom. The Morgan fingerprint density at radius 1 is 1.29 bits per heavy atom. The number of rotatable bonds is 5. The molecular formula is C16H26N2O3. The number of benzene rings is 1. The van der Waals surface area contributed by atoms with Gasteiger partial charge >= 0.3 is 0 Å². The second kappa shape index (κ2) is 7.11. The molecule has 1 heterocycles. The summed E-state index contributed by atoms with van der Waals surface area (Å²) in [6, 6.07) is 6.61. The van der Waals surface area contributed by atoms with Gasteiger partial charge in [-0.05, 0) is 31.5 Å². The van der Waals surface area contributed by atoms with Crippen LogP contribution < -0.4 is 15.2 Å². The lowest BCUT2D eigenvalue weighted by atomic mass is 9.96. The Labute approximate surface area is 127 Å². The van der Waals surface area contributed by atoms with Crippen molar-refractivity contribution in [2.75, 3.05) is 33.9 Å². The zero-order chi connectivity index (χ0) is 15.4. The molecule has 1 aromatic carbocycles. The Kier molecular flexibility index (Phi) is 5.45. The van der Waals surface area contributed by atoms with Crippen LogP contribution in [0.5, 0.6) is 11.5 Å². The van der Waals surface area contributed by atoms with Gasteiger partial charge in [0.05, 0.1) is 33.0 Å². The summed E-state index contributed by atoms with van der Waals surface area (Å²) in [6.07, 6.45) is -0.000693. The molecule has 0 saturated carbocycles. The number of methoxy groups -OCH3 is 2. The molecule has 0 bridgehead atoms. The van der Waals surface area contributed by atoms with Gasteiger partial charge in [-0.2, -0.15) is 0 Å². The van der Waals surface area contributed by atoms with Crippen LogP contribution in [0, 0.1) is 0 Å². The molecule has 0 aliphatic carbocycles. The summed E-state index contributed by atoms with van der Waals surface area (Å²) < 4.78 is 16.6. The van der Waals surface area contributed by atoms with Crippen LogP contribution in [0.1, 0.15) is 25.5 Å². The van der Waals surface area contributed by atoms with E-state index in [1.165, 1.54) is 0 Å². The molecule has 1 saturated heterocycles. The van der Waals surface area contributed by atoms with Gasteiger partial charge in [-0.15, -0.1) is 0 Å². The fourth-order valence-electron chi connectivity index (χ4n) is 2.97. The highest BCUT2D eigenvalue weighted by atomic mass is 16.5. The van der Waals surface area contributed by atoms with Gasteiger partial charge in [-0.1, -0.05) is 6.07 Å². The number of nitrogens with two attached hydrogens (primary N) is 1. The summed E-state index contributed by atoms with van der Waals surface area (Å²) in [7, 11) is 3.30. The lowest BCUT2D eigenvalue weighted by Crippen LogP contribution is -2.50. The number of nitrogens with zero attached hydrogens (tertiary/aromatic N) is 1. The monoisotopic (exact) mass is 294 g/mol. The quantitative estimate of drug-likeness (QED) is 0.897. The van der Waals surface area contributed by atoms with E-state index in [1.807, 2.05) is 12.1 Å². The van der Waals surface area contributed by atoms with E-state index < -0.39 is 0 Å². The van der Waals surface area contributed by atoms with Crippen molar-refractivity contribution in [2.24, 2.45) is 5.73 Å². The van der Waals surface area contributed by atoms with Crippen molar-refractivity contribution in [1.29, 1.82) is 0 Å². The van der Waals surface area contributed by atoms with Crippen LogP contribution >= 0.6 is 0 Å². The third-order valence-electron chi connectivity index (χ3n) is 4.04. The second-order valence-corrected chi connectivity index (χ2v) is 5.54. The predicted octanol–water partition coefficient (Wildman–Crippen LogP) is 1.81. The van der Waals surface area contributed by atoms with Gasteiger partial charge in [0.2, 0.25) is 0 Å². The van der Waals surface area contributed by atoms with Gasteiger partial charge in [-0.3, -0.25) is 4.90 Å². The Hall–Kier alpha value is -1.30. The largest absolute Gasteiger partial charge is 0.493 e. The van der Waals surface area contributed by atoms with Crippen molar-refractivity contribution in [3.8, 4) is 11.5 Å². The van der Waals surface area contributed by atoms with Gasteiger partial charge in [-0.25, -0.2) is 0 Å². The molecule has 2 rings (SSSR count). The van der Waals surface area contributed by atoms with E-state index in [0.717, 1.165) is 30.2 Å². The fraction of sp³-hybridized carbons (Fsp3) is 0.625. The van der Waals surface area contributed by atoms with Crippen molar-refractivity contribution in [3.63, 3.8) is 0 Å². The molecule has 0 spiro atoms. The molecular weight excluding hydrogens is 268 g/mol. The number of hydrogen-bond donors (Lipinski definition) is 1. The molecule has 118 valence electrons. The van der Waals surface area contributed by atoms with Crippen molar-refractivity contribution in [1.82, 2.24) is 4.90 Å². The molecule has 0 radical (unpaired) electrons. The SMILES string of the molecule is COc1ccc(C2C(CN)OCCN2C(C)C)cc1OC. The number of ether oxygens (including phenoxy) is 3. The van der Waals surface area contributed by atoms with Crippen molar-refractivity contribution < 1.29 is 14.2 Å². The molecule has 0 aromatic heterocycles. The first-order chi connectivity index (χ1) is 10.1. The third kappa shape index (κ3) is 3.31. The molecule has 1 aliphatic rings. The molecule has 21 heavy (non-hydrogen) atoms. The summed E-state index contributed by atoms with van der Waals surface area (Å²) in [4.78, 5) is 2.43. The number of morpholine rings is 1. The second-order valence-electron chi connectivity index (χ2n) is 5.54. The minimum Gasteiger partial charge on any atom is -0.493 e. The summed E-state index contributed by atoms with van der Waals surface area (Å²) in [5, 5.41) is 0. The highest BCUT2D eigenvalue weighted by Crippen LogP contribution is 2.36. The summed E-state index contributed by atoms with van der Waals surface area (Å²) in [6.45, 7) is 6.54. The average Bonchev–Trinajstić information content (AvgIpc) is 2.53. The van der Waals surface area contributed by atoms with Crippen LogP contribution in [-0.4, -0.2) is 51.0 Å². The van der Waals surface area contributed by atoms with Gasteiger partial charge in [0.15, 0.2) is 11.5 Å². The van der Waals surface area contributed by atoms with E-state index in [0.29, 0.717) is 12.6 Å². The van der Waals surface area contributed by atoms with Gasteiger partial charge in [0.25, 0.3) is 0 Å². The Morgan fingerprint density at radius 3 is 2.57 bits per heavy atom. The first kappa shape index (κ1) is 16.1. The molecule has 2 atom stereocenters. The maximum absolute atomic E-state index is 5.91. The molecule has 1 fully saturated rings. The van der Waals surface area contributed by atoms with Crippen molar-refractivity contribution in [2.45, 2.75) is 32.0 Å². The van der Waals surface area contributed by atoms with E-state index in [1.54, 1.807) is 14.2 Å². The van der Waals surface area contributed by atoms with Crippen LogP contribution in [0.3, 0.4) is 0 Å². The van der Waals surface area contributed by atoms with Crippen LogP contribution in [-0.2, 0) is 4.74 Å². The lowest BCUT2D eigenvalue weighted by Gasteiger charge is -2.43. The van der Waals surface area contributed by atoms with E-state index in [-0.39, 0.29) is 12.1 Å². The van der Waals surface area contributed by atoms with Crippen LogP contribution in [0.4, 0.5) is 0 Å². The average molecular weight is 294 g/mol. The third-order valence-corrected chi connectivity index (χ3v) is 4.04. The summed E-state index contributed by atoms with van der Waals surface area (Å²) in [5.74, 6) is 1.47.